The molecule has 0 unspecified atom stereocenters. The van der Waals surface area contributed by atoms with Gasteiger partial charge in [-0.15, -0.1) is 6.58 Å². The molecule has 1 aromatic heterocycles. The second kappa shape index (κ2) is 10.9. The number of benzene rings is 3. The Bertz CT molecular complexity index is 1410. The van der Waals surface area contributed by atoms with Crippen molar-refractivity contribution in [2.45, 2.75) is 13.0 Å². The smallest absolute Gasteiger partial charge is 0.307 e. The molecule has 3 aromatic carbocycles. The highest BCUT2D eigenvalue weighted by Crippen LogP contribution is 2.34. The molecule has 0 bridgehead atoms. The molecule has 1 N–H and O–H groups in total. The van der Waals surface area contributed by atoms with Crippen LogP contribution in [0, 0.1) is 5.82 Å². The summed E-state index contributed by atoms with van der Waals surface area (Å²) in [4.78, 5) is 12.4. The molecular weight excluding hydrogens is 471 g/mol. The van der Waals surface area contributed by atoms with Gasteiger partial charge in [0.2, 0.25) is 0 Å². The number of halogens is 2. The molecule has 8 heteroatoms. The van der Waals surface area contributed by atoms with Gasteiger partial charge >= 0.3 is 5.91 Å². The zero-order chi connectivity index (χ0) is 24.8. The minimum atomic E-state index is -0.498. The third kappa shape index (κ3) is 5.88. The molecule has 4 aromatic rings. The van der Waals surface area contributed by atoms with Crippen LogP contribution in [0.25, 0.3) is 11.0 Å². The number of carbonyl (C=O) groups is 1. The first-order valence-electron chi connectivity index (χ1n) is 10.7. The molecule has 0 aliphatic heterocycles. The van der Waals surface area contributed by atoms with Gasteiger partial charge in [-0.05, 0) is 66.1 Å². The first-order chi connectivity index (χ1) is 17.0. The van der Waals surface area contributed by atoms with Gasteiger partial charge in [0.25, 0.3) is 0 Å². The van der Waals surface area contributed by atoms with E-state index < -0.39 is 5.91 Å². The first kappa shape index (κ1) is 24.0. The molecule has 0 spiro atoms. The minimum absolute atomic E-state index is 0.116. The minimum Gasteiger partial charge on any atom is -0.493 e. The summed E-state index contributed by atoms with van der Waals surface area (Å²) in [5, 5.41) is 5.31. The molecule has 35 heavy (non-hydrogen) atoms. The molecule has 0 saturated heterocycles. The van der Waals surface area contributed by atoms with E-state index in [-0.39, 0.29) is 18.2 Å². The van der Waals surface area contributed by atoms with Gasteiger partial charge in [0.15, 0.2) is 17.3 Å². The Balaban J connectivity index is 1.50. The molecule has 0 aliphatic carbocycles. The van der Waals surface area contributed by atoms with Gasteiger partial charge in [-0.25, -0.2) is 9.82 Å². The molecule has 0 fully saturated rings. The predicted molar refractivity (Wildman–Crippen MR) is 134 cm³/mol. The number of hydrazone groups is 1. The second-order valence-corrected chi connectivity index (χ2v) is 8.05. The fourth-order valence-corrected chi connectivity index (χ4v) is 3.69. The molecule has 0 atom stereocenters. The number of carbonyl (C=O) groups excluding carboxylic acids is 1. The SMILES string of the molecule is C=CCc1cc(/C=N/NC(=O)c2cc3cc(Cl)ccc3o2)cc(OC)c1OCc1cccc(F)c1. The summed E-state index contributed by atoms with van der Waals surface area (Å²) < 4.78 is 30.5. The third-order valence-corrected chi connectivity index (χ3v) is 5.33. The average molecular weight is 493 g/mol. The van der Waals surface area contributed by atoms with Crippen LogP contribution in [0.2, 0.25) is 5.02 Å². The number of amides is 1. The Morgan fingerprint density at radius 3 is 2.83 bits per heavy atom. The van der Waals surface area contributed by atoms with Crippen LogP contribution in [-0.2, 0) is 13.0 Å². The van der Waals surface area contributed by atoms with Crippen LogP contribution >= 0.6 is 11.6 Å². The van der Waals surface area contributed by atoms with E-state index in [9.17, 15) is 9.18 Å². The van der Waals surface area contributed by atoms with E-state index in [2.05, 4.69) is 17.1 Å². The van der Waals surface area contributed by atoms with Crippen LogP contribution in [0.5, 0.6) is 11.5 Å². The van der Waals surface area contributed by atoms with Crippen LogP contribution in [-0.4, -0.2) is 19.2 Å². The molecule has 1 heterocycles. The Labute approximate surface area is 206 Å². The van der Waals surface area contributed by atoms with Crippen molar-refractivity contribution in [1.29, 1.82) is 0 Å². The molecule has 6 nitrogen and oxygen atoms in total. The van der Waals surface area contributed by atoms with E-state index in [1.165, 1.54) is 25.5 Å². The standard InChI is InChI=1S/C27H22ClFN2O4/c1-3-5-19-10-18(12-24(33-2)26(19)34-16-17-6-4-7-22(29)11-17)15-30-31-27(32)25-14-20-13-21(28)8-9-23(20)35-25/h3-4,6-15H,1,5,16H2,2H3,(H,31,32)/b30-15+. The van der Waals surface area contributed by atoms with E-state index in [0.717, 1.165) is 10.9 Å². The van der Waals surface area contributed by atoms with Crippen molar-refractivity contribution in [3.63, 3.8) is 0 Å². The number of nitrogens with one attached hydrogen (secondary N) is 1. The van der Waals surface area contributed by atoms with Crippen LogP contribution in [0.4, 0.5) is 4.39 Å². The number of allylic oxidation sites excluding steroid dienone is 1. The fraction of sp³-hybridized carbons (Fsp3) is 0.111. The maximum absolute atomic E-state index is 13.5. The normalized spacial score (nSPS) is 11.1. The van der Waals surface area contributed by atoms with Gasteiger partial charge in [0, 0.05) is 16.0 Å². The summed E-state index contributed by atoms with van der Waals surface area (Å²) in [6.07, 6.45) is 3.73. The summed E-state index contributed by atoms with van der Waals surface area (Å²) in [5.41, 5.74) is 5.18. The molecule has 0 radical (unpaired) electrons. The lowest BCUT2D eigenvalue weighted by Gasteiger charge is -2.16. The van der Waals surface area contributed by atoms with Gasteiger partial charge < -0.3 is 13.9 Å². The Kier molecular flexibility index (Phi) is 7.48. The van der Waals surface area contributed by atoms with E-state index in [0.29, 0.717) is 39.7 Å². The Hall–Kier alpha value is -4.10. The molecule has 178 valence electrons. The van der Waals surface area contributed by atoms with Crippen LogP contribution in [0.1, 0.15) is 27.2 Å². The second-order valence-electron chi connectivity index (χ2n) is 7.61. The molecular formula is C27H22ClFN2O4. The van der Waals surface area contributed by atoms with Crippen molar-refractivity contribution in [2.24, 2.45) is 5.10 Å². The van der Waals surface area contributed by atoms with E-state index in [1.807, 2.05) is 6.07 Å². The quantitative estimate of drug-likeness (QED) is 0.169. The zero-order valence-corrected chi connectivity index (χ0v) is 19.6. The number of methoxy groups -OCH3 is 1. The maximum Gasteiger partial charge on any atom is 0.307 e. The van der Waals surface area contributed by atoms with Gasteiger partial charge in [0.05, 0.1) is 13.3 Å². The summed E-state index contributed by atoms with van der Waals surface area (Å²) >= 11 is 5.98. The molecule has 0 saturated carbocycles. The van der Waals surface area contributed by atoms with Crippen molar-refractivity contribution in [3.05, 3.63) is 107 Å². The van der Waals surface area contributed by atoms with E-state index >= 15 is 0 Å². The van der Waals surface area contributed by atoms with Gasteiger partial charge in [0.1, 0.15) is 18.0 Å². The number of nitrogens with zero attached hydrogens (tertiary/aromatic N) is 1. The number of fused-ring (bicyclic) bond motifs is 1. The highest BCUT2D eigenvalue weighted by atomic mass is 35.5. The molecule has 1 amide bonds. The lowest BCUT2D eigenvalue weighted by molar-refractivity contribution is 0.0929. The zero-order valence-electron chi connectivity index (χ0n) is 18.9. The molecule has 0 aliphatic rings. The van der Waals surface area contributed by atoms with Crippen LogP contribution < -0.4 is 14.9 Å². The fourth-order valence-electron chi connectivity index (χ4n) is 3.51. The molecule has 4 rings (SSSR count). The van der Waals surface area contributed by atoms with Crippen molar-refractivity contribution in [3.8, 4) is 11.5 Å². The number of furan rings is 1. The summed E-state index contributed by atoms with van der Waals surface area (Å²) in [5.74, 6) is 0.290. The number of hydrogen-bond donors (Lipinski definition) is 1. The summed E-state index contributed by atoms with van der Waals surface area (Å²) in [6.45, 7) is 3.97. The Morgan fingerprint density at radius 2 is 2.06 bits per heavy atom. The Morgan fingerprint density at radius 1 is 1.20 bits per heavy atom. The highest BCUT2D eigenvalue weighted by molar-refractivity contribution is 6.31. The van der Waals surface area contributed by atoms with Crippen molar-refractivity contribution < 1.29 is 23.1 Å². The lowest BCUT2D eigenvalue weighted by atomic mass is 10.1. The average Bonchev–Trinajstić information content (AvgIpc) is 3.26. The van der Waals surface area contributed by atoms with Crippen molar-refractivity contribution in [1.82, 2.24) is 5.43 Å². The van der Waals surface area contributed by atoms with Crippen molar-refractivity contribution >= 4 is 34.7 Å². The summed E-state index contributed by atoms with van der Waals surface area (Å²) in [7, 11) is 1.53. The van der Waals surface area contributed by atoms with Crippen LogP contribution in [0.3, 0.4) is 0 Å². The lowest BCUT2D eigenvalue weighted by Crippen LogP contribution is -2.16. The van der Waals surface area contributed by atoms with E-state index in [1.54, 1.807) is 48.5 Å². The van der Waals surface area contributed by atoms with Crippen molar-refractivity contribution in [2.75, 3.05) is 7.11 Å². The van der Waals surface area contributed by atoms with Gasteiger partial charge in [-0.3, -0.25) is 4.79 Å². The van der Waals surface area contributed by atoms with Gasteiger partial charge in [-0.1, -0.05) is 29.8 Å². The van der Waals surface area contributed by atoms with Gasteiger partial charge in [-0.2, -0.15) is 5.10 Å². The highest BCUT2D eigenvalue weighted by Gasteiger charge is 2.14. The number of hydrogen-bond acceptors (Lipinski definition) is 5. The first-order valence-corrected chi connectivity index (χ1v) is 11.1. The number of rotatable bonds is 9. The maximum atomic E-state index is 13.5. The van der Waals surface area contributed by atoms with E-state index in [4.69, 9.17) is 25.5 Å². The van der Waals surface area contributed by atoms with Crippen LogP contribution in [0.15, 0.2) is 82.8 Å². The predicted octanol–water partition coefficient (Wildman–Crippen LogP) is 6.31. The summed E-state index contributed by atoms with van der Waals surface area (Å²) in [6, 6.07) is 16.5. The largest absolute Gasteiger partial charge is 0.493 e. The third-order valence-electron chi connectivity index (χ3n) is 5.09. The number of ether oxygens (including phenoxy) is 2. The monoisotopic (exact) mass is 492 g/mol. The topological polar surface area (TPSA) is 73.1 Å².